The van der Waals surface area contributed by atoms with Crippen LogP contribution in [0.15, 0.2) is 66.9 Å². The summed E-state index contributed by atoms with van der Waals surface area (Å²) in [5.41, 5.74) is 1.21. The maximum atomic E-state index is 14.9. The Balaban J connectivity index is 1.47. The molecule has 4 amide bonds. The first kappa shape index (κ1) is 31.7. The van der Waals surface area contributed by atoms with E-state index in [-0.39, 0.29) is 48.9 Å². The molecule has 12 heteroatoms. The SMILES string of the molecule is CCNC(=O)N1CCN(C(=O)[C@]2(Oc3ccc(C)cc3)CC(=O)N(Cc3ccc(Cl)c(F)c3)[C@H]2c2c[nH]c3cc(Cl)ccc23)CC1. The predicted octanol–water partition coefficient (Wildman–Crippen LogP) is 6.09. The molecule has 2 atom stereocenters. The number of aromatic amines is 1. The lowest BCUT2D eigenvalue weighted by Gasteiger charge is -2.42. The van der Waals surface area contributed by atoms with Crippen LogP contribution in [0.1, 0.15) is 36.1 Å². The molecule has 0 radical (unpaired) electrons. The van der Waals surface area contributed by atoms with Crippen molar-refractivity contribution in [2.45, 2.75) is 38.5 Å². The van der Waals surface area contributed by atoms with Gasteiger partial charge in [-0.05, 0) is 55.8 Å². The number of likely N-dealkylation sites (tertiary alicyclic amines) is 1. The van der Waals surface area contributed by atoms with Crippen LogP contribution in [-0.2, 0) is 16.1 Å². The van der Waals surface area contributed by atoms with E-state index in [1.165, 1.54) is 12.1 Å². The standard InChI is InChI=1S/C34H34Cl2FN5O4/c1-3-38-33(45)41-14-12-40(13-15-41)32(44)34(46-24-8-4-21(2)5-9-24)18-30(43)42(20-22-6-11-27(36)28(37)16-22)31(34)26-19-39-29-17-23(35)7-10-25(26)29/h4-11,16-17,19,31,39H,3,12-15,18,20H2,1-2H3,(H,38,45)/t31-,34-/m0/s1. The first-order chi connectivity index (χ1) is 22.1. The molecular formula is C34H34Cl2FN5O4. The Bertz CT molecular complexity index is 1790. The molecule has 2 aliphatic heterocycles. The summed E-state index contributed by atoms with van der Waals surface area (Å²) in [6.07, 6.45) is 1.52. The number of fused-ring (bicyclic) bond motifs is 1. The first-order valence-corrected chi connectivity index (χ1v) is 15.9. The van der Waals surface area contributed by atoms with Crippen molar-refractivity contribution in [2.75, 3.05) is 32.7 Å². The second-order valence-corrected chi connectivity index (χ2v) is 12.5. The van der Waals surface area contributed by atoms with Gasteiger partial charge < -0.3 is 29.7 Å². The highest BCUT2D eigenvalue weighted by molar-refractivity contribution is 6.31. The number of amides is 4. The van der Waals surface area contributed by atoms with Crippen molar-refractivity contribution in [2.24, 2.45) is 0 Å². The van der Waals surface area contributed by atoms with Gasteiger partial charge in [-0.25, -0.2) is 9.18 Å². The summed E-state index contributed by atoms with van der Waals surface area (Å²) in [6, 6.07) is 16.0. The summed E-state index contributed by atoms with van der Waals surface area (Å²) in [6.45, 7) is 5.50. The van der Waals surface area contributed by atoms with Crippen molar-refractivity contribution < 1.29 is 23.5 Å². The molecular weight excluding hydrogens is 632 g/mol. The molecule has 240 valence electrons. The van der Waals surface area contributed by atoms with Gasteiger partial charge in [0.2, 0.25) is 11.5 Å². The maximum absolute atomic E-state index is 14.9. The van der Waals surface area contributed by atoms with Crippen LogP contribution >= 0.6 is 23.2 Å². The lowest BCUT2D eigenvalue weighted by molar-refractivity contribution is -0.152. The summed E-state index contributed by atoms with van der Waals surface area (Å²) in [5.74, 6) is -0.868. The number of carbonyl (C=O) groups is 3. The largest absolute Gasteiger partial charge is 0.474 e. The van der Waals surface area contributed by atoms with Crippen molar-refractivity contribution in [3.63, 3.8) is 0 Å². The highest BCUT2D eigenvalue weighted by atomic mass is 35.5. The molecule has 2 N–H and O–H groups in total. The van der Waals surface area contributed by atoms with Gasteiger partial charge in [0.1, 0.15) is 17.6 Å². The van der Waals surface area contributed by atoms with E-state index in [4.69, 9.17) is 27.9 Å². The highest BCUT2D eigenvalue weighted by Gasteiger charge is 2.61. The van der Waals surface area contributed by atoms with Crippen LogP contribution in [0, 0.1) is 12.7 Å². The molecule has 0 spiro atoms. The van der Waals surface area contributed by atoms with Gasteiger partial charge in [-0.2, -0.15) is 0 Å². The van der Waals surface area contributed by atoms with Crippen molar-refractivity contribution in [3.8, 4) is 5.75 Å². The van der Waals surface area contributed by atoms with E-state index in [2.05, 4.69) is 10.3 Å². The summed E-state index contributed by atoms with van der Waals surface area (Å²) < 4.78 is 21.3. The molecule has 6 rings (SSSR count). The number of nitrogens with zero attached hydrogens (tertiary/aromatic N) is 3. The van der Waals surface area contributed by atoms with E-state index in [1.54, 1.807) is 51.2 Å². The molecule has 46 heavy (non-hydrogen) atoms. The Morgan fingerprint density at radius 2 is 1.74 bits per heavy atom. The Kier molecular flexibility index (Phi) is 8.85. The third-order valence-corrected chi connectivity index (χ3v) is 9.20. The van der Waals surface area contributed by atoms with Crippen LogP contribution in [0.25, 0.3) is 10.9 Å². The third-order valence-electron chi connectivity index (χ3n) is 8.66. The second-order valence-electron chi connectivity index (χ2n) is 11.7. The van der Waals surface area contributed by atoms with E-state index in [1.807, 2.05) is 32.0 Å². The van der Waals surface area contributed by atoms with Gasteiger partial charge >= 0.3 is 6.03 Å². The number of hydrogen-bond acceptors (Lipinski definition) is 4. The van der Waals surface area contributed by atoms with Gasteiger partial charge in [-0.1, -0.05) is 53.0 Å². The quantitative estimate of drug-likeness (QED) is 0.250. The van der Waals surface area contributed by atoms with Crippen LogP contribution in [0.4, 0.5) is 9.18 Å². The molecule has 2 saturated heterocycles. The van der Waals surface area contributed by atoms with E-state index in [0.717, 1.165) is 16.5 Å². The van der Waals surface area contributed by atoms with E-state index in [9.17, 15) is 18.8 Å². The van der Waals surface area contributed by atoms with E-state index < -0.39 is 17.5 Å². The fourth-order valence-electron chi connectivity index (χ4n) is 6.39. The number of ether oxygens (including phenoxy) is 1. The zero-order chi connectivity index (χ0) is 32.6. The van der Waals surface area contributed by atoms with Gasteiger partial charge in [0.15, 0.2) is 0 Å². The minimum absolute atomic E-state index is 0.00903. The molecule has 4 aromatic rings. The maximum Gasteiger partial charge on any atom is 0.317 e. The van der Waals surface area contributed by atoms with Crippen LogP contribution in [0.2, 0.25) is 10.0 Å². The number of carbonyl (C=O) groups excluding carboxylic acids is 3. The Morgan fingerprint density at radius 3 is 2.43 bits per heavy atom. The number of benzene rings is 3. The molecule has 9 nitrogen and oxygen atoms in total. The minimum Gasteiger partial charge on any atom is -0.474 e. The molecule has 3 heterocycles. The highest BCUT2D eigenvalue weighted by Crippen LogP contribution is 2.48. The number of halogens is 3. The number of piperazine rings is 1. The average Bonchev–Trinajstić information content (AvgIpc) is 3.57. The monoisotopic (exact) mass is 665 g/mol. The van der Waals surface area contributed by atoms with Gasteiger partial charge in [0, 0.05) is 67.0 Å². The van der Waals surface area contributed by atoms with Gasteiger partial charge in [0.05, 0.1) is 11.4 Å². The molecule has 2 fully saturated rings. The van der Waals surface area contributed by atoms with Crippen LogP contribution in [-0.4, -0.2) is 75.9 Å². The van der Waals surface area contributed by atoms with E-state index in [0.29, 0.717) is 41.5 Å². The number of aromatic nitrogens is 1. The molecule has 0 aliphatic carbocycles. The Labute approximate surface area is 276 Å². The Hall–Kier alpha value is -4.28. The zero-order valence-electron chi connectivity index (χ0n) is 25.5. The van der Waals surface area contributed by atoms with Crippen molar-refractivity contribution in [1.29, 1.82) is 0 Å². The third kappa shape index (κ3) is 5.99. The lowest BCUT2D eigenvalue weighted by atomic mass is 9.86. The smallest absolute Gasteiger partial charge is 0.317 e. The number of nitrogens with one attached hydrogen (secondary N) is 2. The summed E-state index contributed by atoms with van der Waals surface area (Å²) in [7, 11) is 0. The van der Waals surface area contributed by atoms with Gasteiger partial charge in [0.25, 0.3) is 5.91 Å². The molecule has 0 unspecified atom stereocenters. The van der Waals surface area contributed by atoms with Gasteiger partial charge in [-0.3, -0.25) is 9.59 Å². The first-order valence-electron chi connectivity index (χ1n) is 15.2. The topological polar surface area (TPSA) is 98.0 Å². The fourth-order valence-corrected chi connectivity index (χ4v) is 6.68. The van der Waals surface area contributed by atoms with E-state index >= 15 is 0 Å². The van der Waals surface area contributed by atoms with Crippen molar-refractivity contribution in [3.05, 3.63) is 99.4 Å². The number of rotatable bonds is 7. The predicted molar refractivity (Wildman–Crippen MR) is 174 cm³/mol. The normalized spacial score (nSPS) is 20.0. The van der Waals surface area contributed by atoms with Crippen molar-refractivity contribution in [1.82, 2.24) is 25.0 Å². The summed E-state index contributed by atoms with van der Waals surface area (Å²) in [5, 5.41) is 4.07. The number of H-pyrrole nitrogens is 1. The Morgan fingerprint density at radius 1 is 1.02 bits per heavy atom. The lowest BCUT2D eigenvalue weighted by Crippen LogP contribution is -2.61. The second kappa shape index (κ2) is 12.8. The van der Waals surface area contributed by atoms with Crippen LogP contribution in [0.3, 0.4) is 0 Å². The van der Waals surface area contributed by atoms with Crippen molar-refractivity contribution >= 4 is 52.0 Å². The average molecular weight is 667 g/mol. The molecule has 2 aliphatic rings. The minimum atomic E-state index is -1.69. The molecule has 1 aromatic heterocycles. The fraction of sp³-hybridized carbons (Fsp3) is 0.324. The number of urea groups is 1. The van der Waals surface area contributed by atoms with Crippen LogP contribution < -0.4 is 10.1 Å². The molecule has 0 bridgehead atoms. The zero-order valence-corrected chi connectivity index (χ0v) is 27.0. The summed E-state index contributed by atoms with van der Waals surface area (Å²) in [4.78, 5) is 49.8. The molecule has 3 aromatic carbocycles. The number of hydrogen-bond donors (Lipinski definition) is 2. The number of aryl methyl sites for hydroxylation is 1. The van der Waals surface area contributed by atoms with Gasteiger partial charge in [-0.15, -0.1) is 0 Å². The van der Waals surface area contributed by atoms with Crippen LogP contribution in [0.5, 0.6) is 5.75 Å². The summed E-state index contributed by atoms with van der Waals surface area (Å²) >= 11 is 12.3. The molecule has 0 saturated carbocycles.